The van der Waals surface area contributed by atoms with Crippen molar-refractivity contribution < 1.29 is 13.9 Å². The second-order valence-electron chi connectivity index (χ2n) is 2.49. The molecule has 12 heavy (non-hydrogen) atoms. The molecular weight excluding hydrogens is 158 g/mol. The Labute approximate surface area is 70.3 Å². The van der Waals surface area contributed by atoms with Gasteiger partial charge in [0.05, 0.1) is 13.4 Å². The molecule has 0 aliphatic heterocycles. The molecule has 1 heterocycles. The standard InChI is InChI=1S/C8H11NO3/c1-5(9)6-3-4-12-7(6)8(10)11-2/h3-5H,9H2,1-2H3/t5-/m1/s1. The van der Waals surface area contributed by atoms with E-state index in [0.29, 0.717) is 5.56 Å². The zero-order valence-electron chi connectivity index (χ0n) is 7.03. The molecule has 0 aliphatic carbocycles. The van der Waals surface area contributed by atoms with Crippen LogP contribution in [0, 0.1) is 0 Å². The highest BCUT2D eigenvalue weighted by Crippen LogP contribution is 2.17. The normalized spacial score (nSPS) is 12.6. The second-order valence-corrected chi connectivity index (χ2v) is 2.49. The predicted molar refractivity (Wildman–Crippen MR) is 42.6 cm³/mol. The molecule has 1 aromatic rings. The quantitative estimate of drug-likeness (QED) is 0.673. The van der Waals surface area contributed by atoms with Crippen molar-refractivity contribution in [2.75, 3.05) is 7.11 Å². The molecule has 0 saturated heterocycles. The van der Waals surface area contributed by atoms with Gasteiger partial charge in [-0.25, -0.2) is 4.79 Å². The molecule has 1 aromatic heterocycles. The minimum atomic E-state index is -0.493. The summed E-state index contributed by atoms with van der Waals surface area (Å²) in [6.07, 6.45) is 1.42. The largest absolute Gasteiger partial charge is 0.463 e. The lowest BCUT2D eigenvalue weighted by atomic mass is 10.1. The number of carbonyl (C=O) groups is 1. The number of nitrogens with two attached hydrogens (primary N) is 1. The maximum absolute atomic E-state index is 11.0. The van der Waals surface area contributed by atoms with Crippen LogP contribution in [0.15, 0.2) is 16.7 Å². The molecular formula is C8H11NO3. The fourth-order valence-electron chi connectivity index (χ4n) is 0.936. The minimum Gasteiger partial charge on any atom is -0.463 e. The number of hydrogen-bond acceptors (Lipinski definition) is 4. The molecule has 0 aromatic carbocycles. The van der Waals surface area contributed by atoms with Crippen LogP contribution in [-0.4, -0.2) is 13.1 Å². The van der Waals surface area contributed by atoms with Crippen molar-refractivity contribution >= 4 is 5.97 Å². The summed E-state index contributed by atoms with van der Waals surface area (Å²) >= 11 is 0. The maximum atomic E-state index is 11.0. The second kappa shape index (κ2) is 3.40. The number of furan rings is 1. The number of carbonyl (C=O) groups excluding carboxylic acids is 1. The van der Waals surface area contributed by atoms with Crippen molar-refractivity contribution in [1.82, 2.24) is 0 Å². The zero-order chi connectivity index (χ0) is 9.14. The summed E-state index contributed by atoms with van der Waals surface area (Å²) in [5, 5.41) is 0. The van der Waals surface area contributed by atoms with Gasteiger partial charge in [-0.3, -0.25) is 0 Å². The lowest BCUT2D eigenvalue weighted by Gasteiger charge is -2.02. The number of esters is 1. The third-order valence-electron chi connectivity index (χ3n) is 1.56. The lowest BCUT2D eigenvalue weighted by molar-refractivity contribution is 0.0562. The average molecular weight is 169 g/mol. The van der Waals surface area contributed by atoms with E-state index < -0.39 is 5.97 Å². The Bertz CT molecular complexity index is 278. The molecule has 1 rings (SSSR count). The molecule has 0 amide bonds. The highest BCUT2D eigenvalue weighted by molar-refractivity contribution is 5.88. The van der Waals surface area contributed by atoms with E-state index in [0.717, 1.165) is 0 Å². The summed E-state index contributed by atoms with van der Waals surface area (Å²) in [6.45, 7) is 1.78. The van der Waals surface area contributed by atoms with E-state index in [2.05, 4.69) is 4.74 Å². The summed E-state index contributed by atoms with van der Waals surface area (Å²) < 4.78 is 9.42. The van der Waals surface area contributed by atoms with Crippen LogP contribution in [-0.2, 0) is 4.74 Å². The highest BCUT2D eigenvalue weighted by atomic mass is 16.5. The molecule has 0 radical (unpaired) electrons. The van der Waals surface area contributed by atoms with Gasteiger partial charge in [-0.1, -0.05) is 0 Å². The molecule has 0 fully saturated rings. The van der Waals surface area contributed by atoms with Crippen molar-refractivity contribution in [3.8, 4) is 0 Å². The molecule has 66 valence electrons. The molecule has 4 nitrogen and oxygen atoms in total. The number of methoxy groups -OCH3 is 1. The number of rotatable bonds is 2. The zero-order valence-corrected chi connectivity index (χ0v) is 7.03. The minimum absolute atomic E-state index is 0.188. The maximum Gasteiger partial charge on any atom is 0.374 e. The molecule has 1 atom stereocenters. The predicted octanol–water partition coefficient (Wildman–Crippen LogP) is 1.09. The fraction of sp³-hybridized carbons (Fsp3) is 0.375. The van der Waals surface area contributed by atoms with Crippen LogP contribution in [0.3, 0.4) is 0 Å². The van der Waals surface area contributed by atoms with E-state index in [-0.39, 0.29) is 11.8 Å². The van der Waals surface area contributed by atoms with Gasteiger partial charge in [0, 0.05) is 11.6 Å². The number of ether oxygens (including phenoxy) is 1. The van der Waals surface area contributed by atoms with Gasteiger partial charge < -0.3 is 14.9 Å². The molecule has 0 bridgehead atoms. The third-order valence-corrected chi connectivity index (χ3v) is 1.56. The Hall–Kier alpha value is -1.29. The summed E-state index contributed by atoms with van der Waals surface area (Å²) in [6, 6.07) is 1.44. The third kappa shape index (κ3) is 1.48. The first-order valence-electron chi connectivity index (χ1n) is 3.58. The van der Waals surface area contributed by atoms with Crippen molar-refractivity contribution in [3.63, 3.8) is 0 Å². The van der Waals surface area contributed by atoms with Gasteiger partial charge in [-0.15, -0.1) is 0 Å². The Morgan fingerprint density at radius 2 is 2.42 bits per heavy atom. The SMILES string of the molecule is COC(=O)c1occc1[C@@H](C)N. The Morgan fingerprint density at radius 3 is 2.92 bits per heavy atom. The molecule has 4 heteroatoms. The molecule has 2 N–H and O–H groups in total. The van der Waals surface area contributed by atoms with Crippen molar-refractivity contribution in [3.05, 3.63) is 23.7 Å². The average Bonchev–Trinajstić information content (AvgIpc) is 2.50. The van der Waals surface area contributed by atoms with Gasteiger partial charge in [0.2, 0.25) is 5.76 Å². The van der Waals surface area contributed by atoms with E-state index in [9.17, 15) is 4.79 Å². The Morgan fingerprint density at radius 1 is 1.75 bits per heavy atom. The van der Waals surface area contributed by atoms with Crippen molar-refractivity contribution in [1.29, 1.82) is 0 Å². The van der Waals surface area contributed by atoms with Crippen LogP contribution in [0.2, 0.25) is 0 Å². The van der Waals surface area contributed by atoms with Gasteiger partial charge in [-0.2, -0.15) is 0 Å². The fourth-order valence-corrected chi connectivity index (χ4v) is 0.936. The topological polar surface area (TPSA) is 65.5 Å². The van der Waals surface area contributed by atoms with Crippen molar-refractivity contribution in [2.45, 2.75) is 13.0 Å². The van der Waals surface area contributed by atoms with Crippen LogP contribution >= 0.6 is 0 Å². The summed E-state index contributed by atoms with van der Waals surface area (Å²) in [7, 11) is 1.30. The van der Waals surface area contributed by atoms with E-state index >= 15 is 0 Å². The molecule has 0 unspecified atom stereocenters. The van der Waals surface area contributed by atoms with Gasteiger partial charge in [0.15, 0.2) is 0 Å². The van der Waals surface area contributed by atoms with Crippen LogP contribution in [0.25, 0.3) is 0 Å². The summed E-state index contributed by atoms with van der Waals surface area (Å²) in [5.41, 5.74) is 6.25. The van der Waals surface area contributed by atoms with Gasteiger partial charge in [0.25, 0.3) is 0 Å². The van der Waals surface area contributed by atoms with Crippen LogP contribution in [0.5, 0.6) is 0 Å². The highest BCUT2D eigenvalue weighted by Gasteiger charge is 2.17. The van der Waals surface area contributed by atoms with E-state index in [1.807, 2.05) is 0 Å². The molecule has 0 saturated carbocycles. The van der Waals surface area contributed by atoms with E-state index in [4.69, 9.17) is 10.2 Å². The monoisotopic (exact) mass is 169 g/mol. The lowest BCUT2D eigenvalue weighted by Crippen LogP contribution is -2.10. The first-order valence-corrected chi connectivity index (χ1v) is 3.58. The van der Waals surface area contributed by atoms with Gasteiger partial charge in [0.1, 0.15) is 0 Å². The molecule has 0 spiro atoms. The van der Waals surface area contributed by atoms with E-state index in [1.165, 1.54) is 13.4 Å². The van der Waals surface area contributed by atoms with E-state index in [1.54, 1.807) is 13.0 Å². The molecule has 0 aliphatic rings. The Kier molecular flexibility index (Phi) is 2.50. The first-order chi connectivity index (χ1) is 5.66. The van der Waals surface area contributed by atoms with Crippen molar-refractivity contribution in [2.24, 2.45) is 5.73 Å². The van der Waals surface area contributed by atoms with Crippen LogP contribution in [0.1, 0.15) is 29.1 Å². The Balaban J connectivity index is 2.99. The summed E-state index contributed by atoms with van der Waals surface area (Å²) in [5.74, 6) is -0.306. The van der Waals surface area contributed by atoms with Gasteiger partial charge >= 0.3 is 5.97 Å². The van der Waals surface area contributed by atoms with Crippen LogP contribution in [0.4, 0.5) is 0 Å². The summed E-state index contributed by atoms with van der Waals surface area (Å²) in [4.78, 5) is 11.0. The smallest absolute Gasteiger partial charge is 0.374 e. The first kappa shape index (κ1) is 8.80. The van der Waals surface area contributed by atoms with Crippen LogP contribution < -0.4 is 5.73 Å². The number of hydrogen-bond donors (Lipinski definition) is 1. The van der Waals surface area contributed by atoms with Gasteiger partial charge in [-0.05, 0) is 13.0 Å².